The Hall–Kier alpha value is -3.69. The molecule has 37 heavy (non-hydrogen) atoms. The third-order valence-corrected chi connectivity index (χ3v) is 7.82. The molecule has 0 amide bonds. The standard InChI is InChI=1S/C27H20ClFN2O5S/c1-14(32)23-24-18-5-3-4-6-21(18)36-27(23,2)30-26-31(24)25(33)22(37-26)12-16-7-8-17(35-16)13-34-15-9-10-20(29)19(28)11-15/h3-12,23-24H,13H2,1-2H3/b22-12+/t23-,24-,27+/m1/s1. The van der Waals surface area contributed by atoms with E-state index in [1.807, 2.05) is 24.3 Å². The predicted molar refractivity (Wildman–Crippen MR) is 135 cm³/mol. The maximum absolute atomic E-state index is 13.6. The second-order valence-corrected chi connectivity index (χ2v) is 10.5. The summed E-state index contributed by atoms with van der Waals surface area (Å²) >= 11 is 7.01. The first-order chi connectivity index (χ1) is 17.7. The molecule has 0 aliphatic carbocycles. The van der Waals surface area contributed by atoms with Gasteiger partial charge in [-0.3, -0.25) is 14.2 Å². The molecule has 4 heterocycles. The van der Waals surface area contributed by atoms with Gasteiger partial charge in [-0.15, -0.1) is 0 Å². The number of carbonyl (C=O) groups excluding carboxylic acids is 1. The van der Waals surface area contributed by atoms with Crippen molar-refractivity contribution in [2.75, 3.05) is 0 Å². The lowest BCUT2D eigenvalue weighted by Crippen LogP contribution is -2.58. The van der Waals surface area contributed by atoms with Crippen molar-refractivity contribution in [3.63, 3.8) is 0 Å². The number of Topliss-reactive ketones (excluding diaryl/α,β-unsaturated/α-hetero) is 1. The summed E-state index contributed by atoms with van der Waals surface area (Å²) in [6.45, 7) is 3.39. The lowest BCUT2D eigenvalue weighted by atomic mass is 9.79. The lowest BCUT2D eigenvalue weighted by Gasteiger charge is -2.45. The summed E-state index contributed by atoms with van der Waals surface area (Å²) in [6, 6.07) is 14.5. The number of ether oxygens (including phenoxy) is 2. The van der Waals surface area contributed by atoms with Crippen LogP contribution in [0.1, 0.15) is 37.0 Å². The van der Waals surface area contributed by atoms with Crippen LogP contribution in [-0.4, -0.2) is 16.1 Å². The summed E-state index contributed by atoms with van der Waals surface area (Å²) in [5.41, 5.74) is -0.590. The van der Waals surface area contributed by atoms with E-state index in [4.69, 9.17) is 30.5 Å². The summed E-state index contributed by atoms with van der Waals surface area (Å²) in [5, 5.41) is -0.0306. The van der Waals surface area contributed by atoms with Gasteiger partial charge in [-0.05, 0) is 44.2 Å². The van der Waals surface area contributed by atoms with Crippen molar-refractivity contribution in [2.24, 2.45) is 10.9 Å². The molecular weight excluding hydrogens is 519 g/mol. The van der Waals surface area contributed by atoms with Gasteiger partial charge in [0.25, 0.3) is 5.56 Å². The quantitative estimate of drug-likeness (QED) is 0.379. The van der Waals surface area contributed by atoms with E-state index >= 15 is 0 Å². The molecule has 6 rings (SSSR count). The molecule has 0 saturated carbocycles. The number of rotatable bonds is 5. The minimum atomic E-state index is -1.11. The van der Waals surface area contributed by atoms with Gasteiger partial charge in [0.15, 0.2) is 4.80 Å². The van der Waals surface area contributed by atoms with E-state index in [1.54, 1.807) is 29.7 Å². The molecular formula is C27H20ClFN2O5S. The number of fused-ring (bicyclic) bond motifs is 6. The molecule has 2 bridgehead atoms. The summed E-state index contributed by atoms with van der Waals surface area (Å²) in [4.78, 5) is 31.6. The van der Waals surface area contributed by atoms with Crippen molar-refractivity contribution in [3.05, 3.63) is 102 Å². The van der Waals surface area contributed by atoms with Crippen LogP contribution in [0.4, 0.5) is 4.39 Å². The maximum Gasteiger partial charge on any atom is 0.271 e. The van der Waals surface area contributed by atoms with Crippen molar-refractivity contribution in [2.45, 2.75) is 32.2 Å². The highest BCUT2D eigenvalue weighted by Gasteiger charge is 2.53. The number of halogens is 2. The van der Waals surface area contributed by atoms with Gasteiger partial charge in [0, 0.05) is 17.7 Å². The van der Waals surface area contributed by atoms with Crippen molar-refractivity contribution >= 4 is 34.8 Å². The minimum absolute atomic E-state index is 0.0306. The maximum atomic E-state index is 13.6. The van der Waals surface area contributed by atoms with Gasteiger partial charge in [-0.2, -0.15) is 0 Å². The predicted octanol–water partition coefficient (Wildman–Crippen LogP) is 4.24. The van der Waals surface area contributed by atoms with Crippen molar-refractivity contribution in [1.29, 1.82) is 0 Å². The molecule has 0 fully saturated rings. The van der Waals surface area contributed by atoms with Gasteiger partial charge >= 0.3 is 0 Å². The van der Waals surface area contributed by atoms with Crippen molar-refractivity contribution in [1.82, 2.24) is 4.57 Å². The highest BCUT2D eigenvalue weighted by atomic mass is 35.5. The van der Waals surface area contributed by atoms with E-state index in [-0.39, 0.29) is 23.0 Å². The molecule has 2 aliphatic rings. The molecule has 0 radical (unpaired) electrons. The molecule has 2 aliphatic heterocycles. The van der Waals surface area contributed by atoms with E-state index in [0.717, 1.165) is 5.56 Å². The van der Waals surface area contributed by atoms with Crippen LogP contribution in [0.5, 0.6) is 11.5 Å². The van der Waals surface area contributed by atoms with E-state index in [1.165, 1.54) is 36.5 Å². The zero-order valence-corrected chi connectivity index (χ0v) is 21.3. The molecule has 4 aromatic rings. The molecule has 2 aromatic carbocycles. The van der Waals surface area contributed by atoms with Gasteiger partial charge in [-0.25, -0.2) is 9.38 Å². The number of furan rings is 1. The fourth-order valence-corrected chi connectivity index (χ4v) is 6.21. The molecule has 0 unspecified atom stereocenters. The number of aromatic nitrogens is 1. The molecule has 0 spiro atoms. The number of ketones is 1. The van der Waals surface area contributed by atoms with Crippen LogP contribution in [0.25, 0.3) is 6.08 Å². The number of benzene rings is 2. The topological polar surface area (TPSA) is 83.0 Å². The fraction of sp³-hybridized carbons (Fsp3) is 0.222. The second kappa shape index (κ2) is 8.71. The first kappa shape index (κ1) is 23.7. The van der Waals surface area contributed by atoms with Crippen LogP contribution >= 0.6 is 22.9 Å². The highest BCUT2D eigenvalue weighted by Crippen LogP contribution is 2.47. The zero-order valence-electron chi connectivity index (χ0n) is 19.7. The normalized spacial score (nSPS) is 22.0. The smallest absolute Gasteiger partial charge is 0.271 e. The lowest BCUT2D eigenvalue weighted by molar-refractivity contribution is -0.132. The average Bonchev–Trinajstić information content (AvgIpc) is 3.42. The number of hydrogen-bond donors (Lipinski definition) is 0. The van der Waals surface area contributed by atoms with Crippen LogP contribution in [0, 0.1) is 11.7 Å². The number of hydrogen-bond acceptors (Lipinski definition) is 7. The zero-order chi connectivity index (χ0) is 25.9. The fourth-order valence-electron chi connectivity index (χ4n) is 4.96. The molecule has 10 heteroatoms. The van der Waals surface area contributed by atoms with Gasteiger partial charge in [0.05, 0.1) is 15.6 Å². The Bertz CT molecular complexity index is 1740. The summed E-state index contributed by atoms with van der Waals surface area (Å²) in [6.07, 6.45) is 1.65. The summed E-state index contributed by atoms with van der Waals surface area (Å²) in [7, 11) is 0. The Balaban J connectivity index is 1.36. The van der Waals surface area contributed by atoms with E-state index in [2.05, 4.69) is 0 Å². The largest absolute Gasteiger partial charge is 0.486 e. The molecule has 7 nitrogen and oxygen atoms in total. The minimum Gasteiger partial charge on any atom is -0.486 e. The molecule has 0 saturated heterocycles. The van der Waals surface area contributed by atoms with E-state index < -0.39 is 23.5 Å². The molecule has 188 valence electrons. The molecule has 2 aromatic heterocycles. The summed E-state index contributed by atoms with van der Waals surface area (Å²) < 4.78 is 33.0. The second-order valence-electron chi connectivity index (χ2n) is 9.08. The van der Waals surface area contributed by atoms with Crippen molar-refractivity contribution < 1.29 is 23.1 Å². The Labute approximate surface area is 219 Å². The Morgan fingerprint density at radius 2 is 2.08 bits per heavy atom. The SMILES string of the molecule is CC(=O)[C@@H]1[C@H]2c3ccccc3O[C@]1(C)N=c1s/c(=C/c3ccc(COc4ccc(F)c(Cl)c4)o3)c(=O)n12. The highest BCUT2D eigenvalue weighted by molar-refractivity contribution is 7.07. The Morgan fingerprint density at radius 1 is 1.27 bits per heavy atom. The van der Waals surface area contributed by atoms with Crippen LogP contribution < -0.4 is 24.4 Å². The van der Waals surface area contributed by atoms with Crippen LogP contribution in [-0.2, 0) is 11.4 Å². The van der Waals surface area contributed by atoms with Gasteiger partial charge in [0.2, 0.25) is 5.72 Å². The first-order valence-electron chi connectivity index (χ1n) is 11.5. The first-order valence-corrected chi connectivity index (χ1v) is 12.7. The molecule has 0 N–H and O–H groups in total. The third kappa shape index (κ3) is 3.98. The third-order valence-electron chi connectivity index (χ3n) is 6.55. The Morgan fingerprint density at radius 3 is 2.86 bits per heavy atom. The van der Waals surface area contributed by atoms with Crippen LogP contribution in [0.3, 0.4) is 0 Å². The van der Waals surface area contributed by atoms with E-state index in [0.29, 0.717) is 32.4 Å². The number of nitrogens with zero attached hydrogens (tertiary/aromatic N) is 2. The monoisotopic (exact) mass is 538 g/mol. The van der Waals surface area contributed by atoms with Crippen molar-refractivity contribution in [3.8, 4) is 11.5 Å². The molecule has 3 atom stereocenters. The van der Waals surface area contributed by atoms with Crippen LogP contribution in [0.2, 0.25) is 5.02 Å². The summed E-state index contributed by atoms with van der Waals surface area (Å²) in [5.74, 6) is 0.731. The van der Waals surface area contributed by atoms with Gasteiger partial charge in [-0.1, -0.05) is 41.1 Å². The Kier molecular flexibility index (Phi) is 5.58. The number of para-hydroxylation sites is 1. The van der Waals surface area contributed by atoms with E-state index in [9.17, 15) is 14.0 Å². The van der Waals surface area contributed by atoms with Gasteiger partial charge in [0.1, 0.15) is 47.1 Å². The van der Waals surface area contributed by atoms with Gasteiger partial charge < -0.3 is 13.9 Å². The number of thiazole rings is 1. The average molecular weight is 539 g/mol. The van der Waals surface area contributed by atoms with Crippen LogP contribution in [0.15, 0.2) is 68.8 Å². The number of carbonyl (C=O) groups is 1.